The molecule has 4 nitrogen and oxygen atoms in total. The van der Waals surface area contributed by atoms with Crippen molar-refractivity contribution >= 4 is 27.9 Å². The van der Waals surface area contributed by atoms with E-state index in [9.17, 15) is 9.59 Å². The van der Waals surface area contributed by atoms with Crippen molar-refractivity contribution in [3.05, 3.63) is 22.2 Å². The van der Waals surface area contributed by atoms with E-state index in [1.54, 1.807) is 12.1 Å². The van der Waals surface area contributed by atoms with E-state index in [0.29, 0.717) is 0 Å². The van der Waals surface area contributed by atoms with Crippen molar-refractivity contribution < 1.29 is 19.1 Å². The van der Waals surface area contributed by atoms with Crippen LogP contribution in [0.2, 0.25) is 0 Å². The van der Waals surface area contributed by atoms with E-state index < -0.39 is 11.9 Å². The Kier molecular flexibility index (Phi) is 4.06. The Balaban J connectivity index is 3.15. The molecule has 0 N–H and O–H groups in total. The lowest BCUT2D eigenvalue weighted by Gasteiger charge is -2.10. The molecule has 1 aromatic carbocycles. The summed E-state index contributed by atoms with van der Waals surface area (Å²) in [5, 5.41) is 0. The summed E-state index contributed by atoms with van der Waals surface area (Å²) >= 11 is 3.30. The van der Waals surface area contributed by atoms with Gasteiger partial charge in [-0.3, -0.25) is 9.59 Å². The van der Waals surface area contributed by atoms with Crippen molar-refractivity contribution in [1.29, 1.82) is 0 Å². The van der Waals surface area contributed by atoms with Crippen molar-refractivity contribution in [2.75, 3.05) is 0 Å². The smallest absolute Gasteiger partial charge is 0.308 e. The predicted octanol–water partition coefficient (Wildman–Crippen LogP) is 2.61. The first-order valence-electron chi connectivity index (χ1n) is 4.57. The van der Waals surface area contributed by atoms with Crippen LogP contribution in [0, 0.1) is 6.92 Å². The number of halogens is 1. The molecule has 0 saturated heterocycles. The number of rotatable bonds is 2. The lowest BCUT2D eigenvalue weighted by atomic mass is 10.2. The summed E-state index contributed by atoms with van der Waals surface area (Å²) in [7, 11) is 0. The van der Waals surface area contributed by atoms with E-state index in [4.69, 9.17) is 9.47 Å². The Hall–Kier alpha value is -1.36. The second-order valence-electron chi connectivity index (χ2n) is 3.24. The Bertz CT molecular complexity index is 399. The molecular weight excluding hydrogens is 276 g/mol. The summed E-state index contributed by atoms with van der Waals surface area (Å²) in [6.07, 6.45) is 0. The highest BCUT2D eigenvalue weighted by Crippen LogP contribution is 2.33. The SMILES string of the molecule is CC(=O)Oc1cc(C)c(Br)cc1OC(C)=O. The molecular formula is C11H11BrO4. The first-order chi connectivity index (χ1) is 7.40. The van der Waals surface area contributed by atoms with Crippen LogP contribution >= 0.6 is 15.9 Å². The standard InChI is InChI=1S/C11H11BrO4/c1-6-4-10(15-7(2)13)11(5-9(6)12)16-8(3)14/h4-5H,1-3H3. The summed E-state index contributed by atoms with van der Waals surface area (Å²) in [4.78, 5) is 21.7. The Morgan fingerprint density at radius 3 is 1.94 bits per heavy atom. The molecule has 0 aromatic heterocycles. The van der Waals surface area contributed by atoms with Crippen LogP contribution < -0.4 is 9.47 Å². The molecule has 0 aliphatic carbocycles. The maximum atomic E-state index is 10.9. The summed E-state index contributed by atoms with van der Waals surface area (Å²) in [6, 6.07) is 3.22. The van der Waals surface area contributed by atoms with Gasteiger partial charge in [0.1, 0.15) is 0 Å². The number of aryl methyl sites for hydroxylation is 1. The van der Waals surface area contributed by atoms with Crippen LogP contribution in [-0.2, 0) is 9.59 Å². The molecule has 0 amide bonds. The lowest BCUT2D eigenvalue weighted by Crippen LogP contribution is -2.07. The van der Waals surface area contributed by atoms with E-state index in [2.05, 4.69) is 15.9 Å². The van der Waals surface area contributed by atoms with Gasteiger partial charge in [-0.15, -0.1) is 0 Å². The van der Waals surface area contributed by atoms with Gasteiger partial charge in [-0.1, -0.05) is 15.9 Å². The minimum Gasteiger partial charge on any atom is -0.423 e. The number of carbonyl (C=O) groups is 2. The number of esters is 2. The number of ether oxygens (including phenoxy) is 2. The minimum atomic E-state index is -0.468. The molecule has 0 radical (unpaired) electrons. The number of benzene rings is 1. The third-order valence-electron chi connectivity index (χ3n) is 1.73. The minimum absolute atomic E-state index is 0.222. The molecule has 0 bridgehead atoms. The van der Waals surface area contributed by atoms with Gasteiger partial charge in [0.15, 0.2) is 11.5 Å². The Labute approximate surface area is 102 Å². The molecule has 0 atom stereocenters. The lowest BCUT2D eigenvalue weighted by molar-refractivity contribution is -0.134. The highest BCUT2D eigenvalue weighted by Gasteiger charge is 2.12. The molecule has 0 fully saturated rings. The third kappa shape index (κ3) is 3.34. The summed E-state index contributed by atoms with van der Waals surface area (Å²) in [5.41, 5.74) is 0.882. The summed E-state index contributed by atoms with van der Waals surface area (Å²) in [6.45, 7) is 4.41. The first-order valence-corrected chi connectivity index (χ1v) is 5.36. The number of hydrogen-bond donors (Lipinski definition) is 0. The average Bonchev–Trinajstić information content (AvgIpc) is 2.11. The highest BCUT2D eigenvalue weighted by molar-refractivity contribution is 9.10. The zero-order valence-corrected chi connectivity index (χ0v) is 10.8. The van der Waals surface area contributed by atoms with E-state index in [1.165, 1.54) is 13.8 Å². The van der Waals surface area contributed by atoms with Gasteiger partial charge < -0.3 is 9.47 Å². The molecule has 0 saturated carbocycles. The van der Waals surface area contributed by atoms with Gasteiger partial charge in [0.2, 0.25) is 0 Å². The van der Waals surface area contributed by atoms with Gasteiger partial charge >= 0.3 is 11.9 Å². The van der Waals surface area contributed by atoms with E-state index in [-0.39, 0.29) is 11.5 Å². The van der Waals surface area contributed by atoms with E-state index >= 15 is 0 Å². The van der Waals surface area contributed by atoms with Crippen molar-refractivity contribution in [2.24, 2.45) is 0 Å². The zero-order chi connectivity index (χ0) is 12.3. The van der Waals surface area contributed by atoms with Crippen LogP contribution in [0.3, 0.4) is 0 Å². The molecule has 0 heterocycles. The predicted molar refractivity (Wildman–Crippen MR) is 61.5 cm³/mol. The van der Waals surface area contributed by atoms with Gasteiger partial charge in [-0.05, 0) is 24.6 Å². The monoisotopic (exact) mass is 286 g/mol. The number of carbonyl (C=O) groups excluding carboxylic acids is 2. The highest BCUT2D eigenvalue weighted by atomic mass is 79.9. The number of hydrogen-bond acceptors (Lipinski definition) is 4. The van der Waals surface area contributed by atoms with Crippen LogP contribution in [0.15, 0.2) is 16.6 Å². The molecule has 0 aliphatic rings. The van der Waals surface area contributed by atoms with Gasteiger partial charge in [0.25, 0.3) is 0 Å². The zero-order valence-electron chi connectivity index (χ0n) is 9.17. The van der Waals surface area contributed by atoms with Crippen LogP contribution in [0.25, 0.3) is 0 Å². The quantitative estimate of drug-likeness (QED) is 0.619. The molecule has 1 rings (SSSR count). The van der Waals surface area contributed by atoms with E-state index in [1.807, 2.05) is 6.92 Å². The molecule has 0 aliphatic heterocycles. The van der Waals surface area contributed by atoms with Gasteiger partial charge in [-0.25, -0.2) is 0 Å². The fourth-order valence-corrected chi connectivity index (χ4v) is 1.43. The normalized spacial score (nSPS) is 9.75. The molecule has 0 spiro atoms. The molecule has 5 heteroatoms. The fraction of sp³-hybridized carbons (Fsp3) is 0.273. The maximum Gasteiger partial charge on any atom is 0.308 e. The van der Waals surface area contributed by atoms with Crippen molar-refractivity contribution in [3.63, 3.8) is 0 Å². The van der Waals surface area contributed by atoms with Crippen molar-refractivity contribution in [2.45, 2.75) is 20.8 Å². The largest absolute Gasteiger partial charge is 0.423 e. The van der Waals surface area contributed by atoms with Gasteiger partial charge in [-0.2, -0.15) is 0 Å². The van der Waals surface area contributed by atoms with Crippen LogP contribution in [0.5, 0.6) is 11.5 Å². The molecule has 0 unspecified atom stereocenters. The first kappa shape index (κ1) is 12.7. The van der Waals surface area contributed by atoms with Gasteiger partial charge in [0.05, 0.1) is 0 Å². The molecule has 86 valence electrons. The van der Waals surface area contributed by atoms with Crippen LogP contribution in [-0.4, -0.2) is 11.9 Å². The van der Waals surface area contributed by atoms with Crippen molar-refractivity contribution in [3.8, 4) is 11.5 Å². The third-order valence-corrected chi connectivity index (χ3v) is 2.59. The van der Waals surface area contributed by atoms with Crippen LogP contribution in [0.4, 0.5) is 0 Å². The topological polar surface area (TPSA) is 52.6 Å². The molecule has 1 aromatic rings. The second kappa shape index (κ2) is 5.12. The average molecular weight is 287 g/mol. The Morgan fingerprint density at radius 1 is 1.06 bits per heavy atom. The Morgan fingerprint density at radius 2 is 1.50 bits per heavy atom. The van der Waals surface area contributed by atoms with Crippen LogP contribution in [0.1, 0.15) is 19.4 Å². The van der Waals surface area contributed by atoms with Gasteiger partial charge in [0, 0.05) is 18.3 Å². The molecule has 16 heavy (non-hydrogen) atoms. The maximum absolute atomic E-state index is 10.9. The van der Waals surface area contributed by atoms with Crippen molar-refractivity contribution in [1.82, 2.24) is 0 Å². The summed E-state index contributed by atoms with van der Waals surface area (Å²) < 4.78 is 10.7. The van der Waals surface area contributed by atoms with E-state index in [0.717, 1.165) is 10.0 Å². The second-order valence-corrected chi connectivity index (χ2v) is 4.09. The fourth-order valence-electron chi connectivity index (χ4n) is 1.11. The summed E-state index contributed by atoms with van der Waals surface area (Å²) in [5.74, 6) is -0.470.